The molecule has 0 unspecified atom stereocenters. The number of para-hydroxylation sites is 1. The van der Waals surface area contributed by atoms with Crippen LogP contribution in [-0.4, -0.2) is 34.0 Å². The molecule has 0 fully saturated rings. The van der Waals surface area contributed by atoms with E-state index in [1.807, 2.05) is 30.3 Å². The molecule has 6 heteroatoms. The smallest absolute Gasteiger partial charge is 0.259 e. The lowest BCUT2D eigenvalue weighted by Gasteiger charge is -2.07. The Morgan fingerprint density at radius 2 is 1.88 bits per heavy atom. The van der Waals surface area contributed by atoms with Crippen LogP contribution in [0.5, 0.6) is 5.75 Å². The number of carbonyl (C=O) groups is 1. The van der Waals surface area contributed by atoms with Crippen LogP contribution >= 0.6 is 0 Å². The Labute approximate surface area is 145 Å². The lowest BCUT2D eigenvalue weighted by atomic mass is 10.2. The third-order valence-corrected chi connectivity index (χ3v) is 3.64. The minimum atomic E-state index is -0.219. The number of nitrogens with zero attached hydrogens (tertiary/aromatic N) is 2. The molecule has 0 radical (unpaired) electrons. The zero-order valence-electron chi connectivity index (χ0n) is 13.8. The lowest BCUT2D eigenvalue weighted by molar-refractivity contribution is 0.102. The van der Waals surface area contributed by atoms with Gasteiger partial charge in [0.15, 0.2) is 0 Å². The Kier molecular flexibility index (Phi) is 5.11. The lowest BCUT2D eigenvalue weighted by Crippen LogP contribution is -2.12. The van der Waals surface area contributed by atoms with E-state index >= 15 is 0 Å². The number of amides is 1. The Morgan fingerprint density at radius 1 is 1.16 bits per heavy atom. The maximum absolute atomic E-state index is 12.5. The molecular formula is C19H19N3O3. The second-order valence-corrected chi connectivity index (χ2v) is 5.46. The van der Waals surface area contributed by atoms with Gasteiger partial charge in [0.1, 0.15) is 12.4 Å². The molecule has 1 heterocycles. The monoisotopic (exact) mass is 337 g/mol. The molecule has 1 amide bonds. The van der Waals surface area contributed by atoms with Gasteiger partial charge in [0.05, 0.1) is 23.6 Å². The van der Waals surface area contributed by atoms with Gasteiger partial charge in [0, 0.05) is 11.9 Å². The van der Waals surface area contributed by atoms with Crippen molar-refractivity contribution in [3.05, 3.63) is 72.1 Å². The van der Waals surface area contributed by atoms with Crippen molar-refractivity contribution in [2.75, 3.05) is 18.5 Å². The molecule has 0 saturated carbocycles. The minimum absolute atomic E-state index is 0.0385. The van der Waals surface area contributed by atoms with Crippen LogP contribution in [-0.2, 0) is 0 Å². The van der Waals surface area contributed by atoms with E-state index < -0.39 is 0 Å². The summed E-state index contributed by atoms with van der Waals surface area (Å²) in [5.74, 6) is 0.420. The van der Waals surface area contributed by atoms with Gasteiger partial charge >= 0.3 is 0 Å². The summed E-state index contributed by atoms with van der Waals surface area (Å²) >= 11 is 0. The molecule has 2 aromatic carbocycles. The predicted molar refractivity (Wildman–Crippen MR) is 95.3 cm³/mol. The molecule has 2 N–H and O–H groups in total. The van der Waals surface area contributed by atoms with Crippen LogP contribution in [0.2, 0.25) is 0 Å². The molecule has 3 rings (SSSR count). The van der Waals surface area contributed by atoms with Crippen LogP contribution < -0.4 is 10.1 Å². The molecule has 6 nitrogen and oxygen atoms in total. The fraction of sp³-hybridized carbons (Fsp3) is 0.158. The van der Waals surface area contributed by atoms with E-state index in [-0.39, 0.29) is 19.1 Å². The second kappa shape index (κ2) is 7.63. The van der Waals surface area contributed by atoms with Gasteiger partial charge in [-0.3, -0.25) is 4.79 Å². The number of hydrogen-bond acceptors (Lipinski definition) is 4. The molecule has 25 heavy (non-hydrogen) atoms. The first kappa shape index (κ1) is 16.7. The van der Waals surface area contributed by atoms with Crippen molar-refractivity contribution in [2.24, 2.45) is 0 Å². The minimum Gasteiger partial charge on any atom is -0.491 e. The van der Waals surface area contributed by atoms with Crippen LogP contribution in [0.3, 0.4) is 0 Å². The summed E-state index contributed by atoms with van der Waals surface area (Å²) in [6.45, 7) is 2.01. The molecule has 3 aromatic rings. The third kappa shape index (κ3) is 4.05. The summed E-state index contributed by atoms with van der Waals surface area (Å²) in [5.41, 5.74) is 2.73. The van der Waals surface area contributed by atoms with Crippen LogP contribution in [0.15, 0.2) is 60.8 Å². The summed E-state index contributed by atoms with van der Waals surface area (Å²) < 4.78 is 6.99. The molecule has 0 spiro atoms. The zero-order chi connectivity index (χ0) is 17.6. The number of aromatic nitrogens is 2. The quantitative estimate of drug-likeness (QED) is 0.725. The molecular weight excluding hydrogens is 318 g/mol. The van der Waals surface area contributed by atoms with E-state index in [1.54, 1.807) is 42.1 Å². The molecule has 0 atom stereocenters. The summed E-state index contributed by atoms with van der Waals surface area (Å²) in [4.78, 5) is 12.5. The van der Waals surface area contributed by atoms with Gasteiger partial charge in [-0.1, -0.05) is 18.2 Å². The highest BCUT2D eigenvalue weighted by Crippen LogP contribution is 2.18. The number of carbonyl (C=O) groups excluding carboxylic acids is 1. The number of benzene rings is 2. The highest BCUT2D eigenvalue weighted by atomic mass is 16.5. The fourth-order valence-corrected chi connectivity index (χ4v) is 2.39. The van der Waals surface area contributed by atoms with E-state index in [0.717, 1.165) is 5.69 Å². The Bertz CT molecular complexity index is 842. The van der Waals surface area contributed by atoms with Gasteiger partial charge in [-0.05, 0) is 43.3 Å². The first-order valence-electron chi connectivity index (χ1n) is 7.94. The largest absolute Gasteiger partial charge is 0.491 e. The van der Waals surface area contributed by atoms with Crippen LogP contribution in [0.4, 0.5) is 5.69 Å². The normalized spacial score (nSPS) is 10.5. The second-order valence-electron chi connectivity index (χ2n) is 5.46. The Hall–Kier alpha value is -3.12. The number of ether oxygens (including phenoxy) is 1. The number of anilines is 1. The van der Waals surface area contributed by atoms with Crippen LogP contribution in [0.25, 0.3) is 5.69 Å². The standard InChI is InChI=1S/C19H19N3O3/c1-14-18(13-22(21-14)16-5-3-2-4-6-16)19(24)20-15-7-9-17(10-8-15)25-12-11-23/h2-10,13,23H,11-12H2,1H3,(H,20,24). The van der Waals surface area contributed by atoms with Crippen molar-refractivity contribution < 1.29 is 14.6 Å². The summed E-state index contributed by atoms with van der Waals surface area (Å²) in [6, 6.07) is 16.6. The number of nitrogens with one attached hydrogen (secondary N) is 1. The van der Waals surface area contributed by atoms with Gasteiger partial charge in [0.25, 0.3) is 5.91 Å². The highest BCUT2D eigenvalue weighted by Gasteiger charge is 2.14. The van der Waals surface area contributed by atoms with Crippen molar-refractivity contribution in [1.82, 2.24) is 9.78 Å². The summed E-state index contributed by atoms with van der Waals surface area (Å²) in [5, 5.41) is 16.0. The number of aliphatic hydroxyl groups excluding tert-OH is 1. The van der Waals surface area contributed by atoms with Crippen molar-refractivity contribution in [3.8, 4) is 11.4 Å². The number of aryl methyl sites for hydroxylation is 1. The molecule has 0 aliphatic heterocycles. The molecule has 1 aromatic heterocycles. The SMILES string of the molecule is Cc1nn(-c2ccccc2)cc1C(=O)Nc1ccc(OCCO)cc1. The zero-order valence-corrected chi connectivity index (χ0v) is 13.8. The topological polar surface area (TPSA) is 76.4 Å². The van der Waals surface area contributed by atoms with Crippen LogP contribution in [0, 0.1) is 6.92 Å². The van der Waals surface area contributed by atoms with E-state index in [9.17, 15) is 4.79 Å². The number of hydrogen-bond donors (Lipinski definition) is 2. The fourth-order valence-electron chi connectivity index (χ4n) is 2.39. The average Bonchev–Trinajstić information content (AvgIpc) is 3.04. The van der Waals surface area contributed by atoms with E-state index in [1.165, 1.54) is 0 Å². The van der Waals surface area contributed by atoms with Gasteiger partial charge < -0.3 is 15.2 Å². The van der Waals surface area contributed by atoms with Crippen LogP contribution in [0.1, 0.15) is 16.1 Å². The average molecular weight is 337 g/mol. The molecule has 128 valence electrons. The number of aliphatic hydroxyl groups is 1. The highest BCUT2D eigenvalue weighted by molar-refractivity contribution is 6.04. The van der Waals surface area contributed by atoms with Gasteiger partial charge in [-0.25, -0.2) is 4.68 Å². The first-order valence-corrected chi connectivity index (χ1v) is 7.94. The molecule has 0 bridgehead atoms. The van der Waals surface area contributed by atoms with Crippen molar-refractivity contribution in [3.63, 3.8) is 0 Å². The summed E-state index contributed by atoms with van der Waals surface area (Å²) in [6.07, 6.45) is 1.72. The van der Waals surface area contributed by atoms with E-state index in [2.05, 4.69) is 10.4 Å². The van der Waals surface area contributed by atoms with Gasteiger partial charge in [0.2, 0.25) is 0 Å². The molecule has 0 saturated heterocycles. The van der Waals surface area contributed by atoms with E-state index in [4.69, 9.17) is 9.84 Å². The maximum Gasteiger partial charge on any atom is 0.259 e. The predicted octanol–water partition coefficient (Wildman–Crippen LogP) is 2.80. The van der Waals surface area contributed by atoms with Crippen molar-refractivity contribution >= 4 is 11.6 Å². The van der Waals surface area contributed by atoms with Crippen molar-refractivity contribution in [1.29, 1.82) is 0 Å². The number of rotatable bonds is 6. The Balaban J connectivity index is 1.72. The van der Waals surface area contributed by atoms with E-state index in [0.29, 0.717) is 22.7 Å². The maximum atomic E-state index is 12.5. The first-order chi connectivity index (χ1) is 12.2. The van der Waals surface area contributed by atoms with Gasteiger partial charge in [-0.15, -0.1) is 0 Å². The summed E-state index contributed by atoms with van der Waals surface area (Å²) in [7, 11) is 0. The van der Waals surface area contributed by atoms with Gasteiger partial charge in [-0.2, -0.15) is 5.10 Å². The molecule has 0 aliphatic rings. The third-order valence-electron chi connectivity index (χ3n) is 3.64. The van der Waals surface area contributed by atoms with Crippen molar-refractivity contribution in [2.45, 2.75) is 6.92 Å². The Morgan fingerprint density at radius 3 is 2.56 bits per heavy atom. The molecule has 0 aliphatic carbocycles.